The number of carbonyl (C=O) groups excluding carboxylic acids is 2. The zero-order valence-corrected chi connectivity index (χ0v) is 21.7. The predicted molar refractivity (Wildman–Crippen MR) is 140 cm³/mol. The van der Waals surface area contributed by atoms with Crippen molar-refractivity contribution in [3.05, 3.63) is 84.1 Å². The van der Waals surface area contributed by atoms with E-state index in [4.69, 9.17) is 11.6 Å². The predicted octanol–water partition coefficient (Wildman–Crippen LogP) is 5.69. The Morgan fingerprint density at radius 1 is 1.12 bits per heavy atom. The number of carbonyl (C=O) groups is 2. The molecule has 0 fully saturated rings. The number of nitrogens with one attached hydrogen (secondary N) is 2. The Bertz CT molecular complexity index is 1510. The van der Waals surface area contributed by atoms with E-state index in [1.165, 1.54) is 10.9 Å². The molecule has 0 saturated heterocycles. The van der Waals surface area contributed by atoms with Crippen LogP contribution in [0.15, 0.2) is 52.0 Å². The highest BCUT2D eigenvalue weighted by molar-refractivity contribution is 9.10. The maximum Gasteiger partial charge on any atom is 0.266 e. The number of hydrogen-bond acceptors (Lipinski definition) is 5. The van der Waals surface area contributed by atoms with Crippen molar-refractivity contribution in [2.24, 2.45) is 0 Å². The highest BCUT2D eigenvalue weighted by Crippen LogP contribution is 2.29. The molecule has 0 saturated carbocycles. The maximum absolute atomic E-state index is 13.1. The lowest BCUT2D eigenvalue weighted by atomic mass is 10.2. The monoisotopic (exact) mass is 558 g/mol. The molecule has 4 aromatic rings. The Hall–Kier alpha value is -3.01. The van der Waals surface area contributed by atoms with Crippen LogP contribution in [-0.2, 0) is 11.3 Å². The smallest absolute Gasteiger partial charge is 0.266 e. The summed E-state index contributed by atoms with van der Waals surface area (Å²) in [6.45, 7) is 5.31. The fraction of sp³-hybridized carbons (Fsp3) is 0.167. The first-order valence-electron chi connectivity index (χ1n) is 10.3. The van der Waals surface area contributed by atoms with Crippen LogP contribution in [-0.4, -0.2) is 21.4 Å². The SMILES string of the molecule is Cc1ccc(NC(=O)c2sc3ncn(CC(=O)Nc4ccc(C)c(Cl)c4)c(=O)c3c2C)c(Br)c1. The quantitative estimate of drug-likeness (QED) is 0.329. The van der Waals surface area contributed by atoms with Crippen molar-refractivity contribution < 1.29 is 9.59 Å². The van der Waals surface area contributed by atoms with Crippen molar-refractivity contribution in [3.8, 4) is 0 Å². The molecule has 2 aromatic heterocycles. The van der Waals surface area contributed by atoms with Gasteiger partial charge in [0, 0.05) is 15.2 Å². The molecule has 0 radical (unpaired) electrons. The van der Waals surface area contributed by atoms with E-state index < -0.39 is 5.91 Å². The van der Waals surface area contributed by atoms with E-state index in [0.717, 1.165) is 26.9 Å². The van der Waals surface area contributed by atoms with Crippen LogP contribution in [0.5, 0.6) is 0 Å². The highest BCUT2D eigenvalue weighted by atomic mass is 79.9. The average Bonchev–Trinajstić information content (AvgIpc) is 3.12. The van der Waals surface area contributed by atoms with Gasteiger partial charge in [0.1, 0.15) is 11.4 Å². The van der Waals surface area contributed by atoms with E-state index in [0.29, 0.717) is 37.1 Å². The normalized spacial score (nSPS) is 11.0. The first kappa shape index (κ1) is 24.1. The number of thiophene rings is 1. The Morgan fingerprint density at radius 3 is 2.59 bits per heavy atom. The number of benzene rings is 2. The Labute approximate surface area is 212 Å². The minimum absolute atomic E-state index is 0.222. The number of rotatable bonds is 5. The van der Waals surface area contributed by atoms with E-state index in [1.807, 2.05) is 32.0 Å². The standard InChI is InChI=1S/C24H20BrClN4O3S/c1-12-4-7-18(16(25)8-12)29-22(32)21-14(3)20-23(34-21)27-11-30(24(20)33)10-19(31)28-15-6-5-13(2)17(26)9-15/h4-9,11H,10H2,1-3H3,(H,28,31)(H,29,32). The molecule has 0 unspecified atom stereocenters. The summed E-state index contributed by atoms with van der Waals surface area (Å²) in [4.78, 5) is 43.7. The van der Waals surface area contributed by atoms with Gasteiger partial charge >= 0.3 is 0 Å². The number of anilines is 2. The summed E-state index contributed by atoms with van der Waals surface area (Å²) < 4.78 is 1.99. The molecule has 0 aliphatic carbocycles. The van der Waals surface area contributed by atoms with Gasteiger partial charge in [-0.2, -0.15) is 0 Å². The van der Waals surface area contributed by atoms with Crippen LogP contribution in [0, 0.1) is 20.8 Å². The van der Waals surface area contributed by atoms with Crippen LogP contribution in [0.4, 0.5) is 11.4 Å². The molecule has 2 N–H and O–H groups in total. The molecule has 174 valence electrons. The van der Waals surface area contributed by atoms with Gasteiger partial charge in [0.15, 0.2) is 0 Å². The van der Waals surface area contributed by atoms with Crippen molar-refractivity contribution in [1.82, 2.24) is 9.55 Å². The van der Waals surface area contributed by atoms with Gasteiger partial charge < -0.3 is 10.6 Å². The molecule has 0 atom stereocenters. The Morgan fingerprint density at radius 2 is 1.88 bits per heavy atom. The van der Waals surface area contributed by atoms with Gasteiger partial charge in [-0.05, 0) is 77.7 Å². The number of nitrogens with zero attached hydrogens (tertiary/aromatic N) is 2. The van der Waals surface area contributed by atoms with Crippen molar-refractivity contribution in [2.45, 2.75) is 27.3 Å². The largest absolute Gasteiger partial charge is 0.324 e. The number of aryl methyl sites for hydroxylation is 3. The summed E-state index contributed by atoms with van der Waals surface area (Å²) in [5, 5.41) is 6.47. The average molecular weight is 560 g/mol. The van der Waals surface area contributed by atoms with Gasteiger partial charge in [-0.3, -0.25) is 19.0 Å². The Kier molecular flexibility index (Phi) is 6.88. The van der Waals surface area contributed by atoms with E-state index in [-0.39, 0.29) is 18.0 Å². The van der Waals surface area contributed by atoms with Crippen LogP contribution in [0.3, 0.4) is 0 Å². The lowest BCUT2D eigenvalue weighted by Gasteiger charge is -2.08. The summed E-state index contributed by atoms with van der Waals surface area (Å²) in [6, 6.07) is 10.8. The first-order valence-corrected chi connectivity index (χ1v) is 12.2. The van der Waals surface area contributed by atoms with E-state index >= 15 is 0 Å². The minimum atomic E-state index is -0.391. The molecular formula is C24H20BrClN4O3S. The van der Waals surface area contributed by atoms with Gasteiger partial charge in [0.2, 0.25) is 5.91 Å². The van der Waals surface area contributed by atoms with Gasteiger partial charge in [-0.25, -0.2) is 4.98 Å². The molecule has 34 heavy (non-hydrogen) atoms. The van der Waals surface area contributed by atoms with Crippen LogP contribution >= 0.6 is 38.9 Å². The molecule has 2 aromatic carbocycles. The van der Waals surface area contributed by atoms with Gasteiger partial charge in [0.25, 0.3) is 11.5 Å². The number of hydrogen-bond donors (Lipinski definition) is 2. The minimum Gasteiger partial charge on any atom is -0.324 e. The molecule has 2 heterocycles. The third kappa shape index (κ3) is 4.91. The van der Waals surface area contributed by atoms with Crippen LogP contribution in [0.2, 0.25) is 5.02 Å². The van der Waals surface area contributed by atoms with Gasteiger partial charge in [0.05, 0.1) is 22.3 Å². The summed E-state index contributed by atoms with van der Waals surface area (Å²) in [5.41, 5.74) is 3.27. The molecule has 0 bridgehead atoms. The van der Waals surface area contributed by atoms with Crippen molar-refractivity contribution >= 4 is 72.3 Å². The zero-order valence-electron chi connectivity index (χ0n) is 18.5. The summed E-state index contributed by atoms with van der Waals surface area (Å²) in [6.07, 6.45) is 1.32. The summed E-state index contributed by atoms with van der Waals surface area (Å²) >= 11 is 10.7. The highest BCUT2D eigenvalue weighted by Gasteiger charge is 2.21. The molecule has 2 amide bonds. The lowest BCUT2D eigenvalue weighted by Crippen LogP contribution is -2.28. The number of amides is 2. The summed E-state index contributed by atoms with van der Waals surface area (Å²) in [5.74, 6) is -0.719. The number of halogens is 2. The van der Waals surface area contributed by atoms with E-state index in [2.05, 4.69) is 31.5 Å². The fourth-order valence-electron chi connectivity index (χ4n) is 3.41. The fourth-order valence-corrected chi connectivity index (χ4v) is 5.22. The van der Waals surface area contributed by atoms with Crippen LogP contribution in [0.25, 0.3) is 10.2 Å². The second kappa shape index (κ2) is 9.69. The lowest BCUT2D eigenvalue weighted by molar-refractivity contribution is -0.116. The van der Waals surface area contributed by atoms with Gasteiger partial charge in [-0.1, -0.05) is 23.7 Å². The Balaban J connectivity index is 1.58. The molecule has 10 heteroatoms. The first-order chi connectivity index (χ1) is 16.1. The third-order valence-electron chi connectivity index (χ3n) is 5.27. The van der Waals surface area contributed by atoms with Crippen molar-refractivity contribution in [2.75, 3.05) is 10.6 Å². The summed E-state index contributed by atoms with van der Waals surface area (Å²) in [7, 11) is 0. The molecule has 0 spiro atoms. The van der Waals surface area contributed by atoms with Crippen LogP contribution < -0.4 is 16.2 Å². The van der Waals surface area contributed by atoms with Crippen LogP contribution in [0.1, 0.15) is 26.4 Å². The number of aromatic nitrogens is 2. The molecule has 0 aliphatic heterocycles. The van der Waals surface area contributed by atoms with Crippen molar-refractivity contribution in [1.29, 1.82) is 0 Å². The van der Waals surface area contributed by atoms with E-state index in [9.17, 15) is 14.4 Å². The topological polar surface area (TPSA) is 93.1 Å². The zero-order chi connectivity index (χ0) is 24.6. The maximum atomic E-state index is 13.1. The third-order valence-corrected chi connectivity index (χ3v) is 7.53. The van der Waals surface area contributed by atoms with Gasteiger partial charge in [-0.15, -0.1) is 11.3 Å². The molecule has 7 nitrogen and oxygen atoms in total. The molecule has 0 aliphatic rings. The number of fused-ring (bicyclic) bond motifs is 1. The second-order valence-corrected chi connectivity index (χ2v) is 10.1. The second-order valence-electron chi connectivity index (χ2n) is 7.86. The molecule has 4 rings (SSSR count). The van der Waals surface area contributed by atoms with Crippen molar-refractivity contribution in [3.63, 3.8) is 0 Å². The molecular weight excluding hydrogens is 540 g/mol. The van der Waals surface area contributed by atoms with E-state index in [1.54, 1.807) is 25.1 Å².